The van der Waals surface area contributed by atoms with E-state index in [9.17, 15) is 9.90 Å². The Balaban J connectivity index is 0.00000288. The summed E-state index contributed by atoms with van der Waals surface area (Å²) in [7, 11) is -1.37. The van der Waals surface area contributed by atoms with Gasteiger partial charge in [0.05, 0.1) is 0 Å². The maximum absolute atomic E-state index is 11.7. The van der Waals surface area contributed by atoms with Crippen molar-refractivity contribution in [2.45, 2.75) is 44.2 Å². The molecule has 1 aromatic carbocycles. The first kappa shape index (κ1) is 24.2. The Morgan fingerprint density at radius 1 is 1.32 bits per heavy atom. The first-order chi connectivity index (χ1) is 10.8. The number of hydrogen-bond donors (Lipinski definition) is 4. The van der Waals surface area contributed by atoms with Gasteiger partial charge in [0.15, 0.2) is 0 Å². The molecule has 1 aliphatic heterocycles. The van der Waals surface area contributed by atoms with Gasteiger partial charge in [-0.2, -0.15) is 0 Å². The minimum Gasteiger partial charge on any atom is -0.480 e. The van der Waals surface area contributed by atoms with Crippen molar-refractivity contribution >= 4 is 37.9 Å². The van der Waals surface area contributed by atoms with Gasteiger partial charge in [-0.3, -0.25) is 9.69 Å². The van der Waals surface area contributed by atoms with Crippen LogP contribution in [0.4, 0.5) is 0 Å². The van der Waals surface area contributed by atoms with E-state index >= 15 is 0 Å². The highest BCUT2D eigenvalue weighted by molar-refractivity contribution is 6.40. The molecule has 0 unspecified atom stereocenters. The summed E-state index contributed by atoms with van der Waals surface area (Å²) in [6.45, 7) is 3.19. The van der Waals surface area contributed by atoms with Gasteiger partial charge in [-0.15, -0.1) is 24.8 Å². The predicted octanol–water partition coefficient (Wildman–Crippen LogP) is 1.39. The number of carboxylic acids is 1. The summed E-state index contributed by atoms with van der Waals surface area (Å²) < 4.78 is 0. The topological polar surface area (TPSA) is 107 Å². The number of nitrogens with zero attached hydrogens (tertiary/aromatic N) is 1. The predicted molar refractivity (Wildman–Crippen MR) is 103 cm³/mol. The molecule has 0 aromatic heterocycles. The van der Waals surface area contributed by atoms with Gasteiger partial charge in [0.1, 0.15) is 5.54 Å². The van der Waals surface area contributed by atoms with Gasteiger partial charge < -0.3 is 20.9 Å². The third kappa shape index (κ3) is 6.13. The Labute approximate surface area is 161 Å². The molecule has 1 saturated heterocycles. The minimum atomic E-state index is -1.37. The molecular weight excluding hydrogens is 366 g/mol. The number of carbonyl (C=O) groups is 1. The van der Waals surface area contributed by atoms with E-state index in [1.165, 1.54) is 0 Å². The van der Waals surface area contributed by atoms with Crippen LogP contribution in [0.3, 0.4) is 0 Å². The van der Waals surface area contributed by atoms with Crippen LogP contribution < -0.4 is 5.73 Å². The first-order valence-corrected chi connectivity index (χ1v) is 7.99. The number of rotatable bonds is 6. The number of nitrogens with two attached hydrogens (primary N) is 1. The van der Waals surface area contributed by atoms with E-state index in [-0.39, 0.29) is 43.1 Å². The second-order valence-corrected chi connectivity index (χ2v) is 6.56. The number of likely N-dealkylation sites (tertiary alicyclic amines) is 1. The monoisotopic (exact) mass is 392 g/mol. The summed E-state index contributed by atoms with van der Waals surface area (Å²) in [6, 6.07) is 9.57. The average molecular weight is 393 g/mol. The summed E-state index contributed by atoms with van der Waals surface area (Å²) in [6.07, 6.45) is 1.12. The van der Waals surface area contributed by atoms with Crippen LogP contribution in [0.25, 0.3) is 0 Å². The fourth-order valence-corrected chi connectivity index (χ4v) is 3.39. The second-order valence-electron chi connectivity index (χ2n) is 6.56. The largest absolute Gasteiger partial charge is 0.480 e. The Morgan fingerprint density at radius 2 is 1.92 bits per heavy atom. The van der Waals surface area contributed by atoms with Crippen molar-refractivity contribution in [1.29, 1.82) is 0 Å². The molecule has 142 valence electrons. The van der Waals surface area contributed by atoms with E-state index in [1.54, 1.807) is 0 Å². The van der Waals surface area contributed by atoms with Crippen LogP contribution in [0.5, 0.6) is 0 Å². The quantitative estimate of drug-likeness (QED) is 0.545. The molecule has 0 bridgehead atoms. The fraction of sp³-hybridized carbons (Fsp3) is 0.562. The molecule has 0 spiro atoms. The molecule has 5 N–H and O–H groups in total. The van der Waals surface area contributed by atoms with Gasteiger partial charge in [0, 0.05) is 19.1 Å². The molecule has 1 aliphatic rings. The third-order valence-corrected chi connectivity index (χ3v) is 4.87. The zero-order valence-corrected chi connectivity index (χ0v) is 15.9. The number of halogens is 2. The SMILES string of the molecule is C[C@@H]1N(Cc2ccccc2)C[C@@H](CCB(O)O)C[C@]1(N)C(=O)O.Cl.Cl. The number of carboxylic acid groups (broad SMARTS) is 1. The molecule has 3 atom stereocenters. The van der Waals surface area contributed by atoms with Crippen LogP contribution in [0.1, 0.15) is 25.3 Å². The normalized spacial score (nSPS) is 26.2. The number of aliphatic carboxylic acids is 1. The Hall–Kier alpha value is -0.825. The zero-order valence-electron chi connectivity index (χ0n) is 14.2. The molecule has 0 radical (unpaired) electrons. The highest BCUT2D eigenvalue weighted by Crippen LogP contribution is 2.33. The summed E-state index contributed by atoms with van der Waals surface area (Å²) in [4.78, 5) is 13.8. The highest BCUT2D eigenvalue weighted by Gasteiger charge is 2.48. The number of hydrogen-bond acceptors (Lipinski definition) is 5. The van der Waals surface area contributed by atoms with E-state index in [0.29, 0.717) is 25.9 Å². The van der Waals surface area contributed by atoms with Crippen LogP contribution in [-0.2, 0) is 11.3 Å². The smallest absolute Gasteiger partial charge is 0.451 e. The van der Waals surface area contributed by atoms with Crippen molar-refractivity contribution < 1.29 is 19.9 Å². The van der Waals surface area contributed by atoms with E-state index < -0.39 is 18.6 Å². The van der Waals surface area contributed by atoms with Gasteiger partial charge in [0.2, 0.25) is 0 Å². The molecule has 1 heterocycles. The van der Waals surface area contributed by atoms with Crippen molar-refractivity contribution in [2.24, 2.45) is 11.7 Å². The van der Waals surface area contributed by atoms with Gasteiger partial charge >= 0.3 is 13.1 Å². The van der Waals surface area contributed by atoms with Gasteiger partial charge in [0.25, 0.3) is 0 Å². The third-order valence-electron chi connectivity index (χ3n) is 4.87. The van der Waals surface area contributed by atoms with Crippen LogP contribution in [0, 0.1) is 5.92 Å². The molecule has 25 heavy (non-hydrogen) atoms. The van der Waals surface area contributed by atoms with Gasteiger partial charge in [-0.1, -0.05) is 36.8 Å². The van der Waals surface area contributed by atoms with Crippen LogP contribution in [0.15, 0.2) is 30.3 Å². The molecule has 0 amide bonds. The summed E-state index contributed by atoms with van der Waals surface area (Å²) in [5, 5.41) is 27.7. The zero-order chi connectivity index (χ0) is 17.0. The molecule has 1 fully saturated rings. The van der Waals surface area contributed by atoms with E-state index in [4.69, 9.17) is 15.8 Å². The molecule has 6 nitrogen and oxygen atoms in total. The minimum absolute atomic E-state index is 0. The Kier molecular flexibility index (Phi) is 10.0. The Morgan fingerprint density at radius 3 is 2.44 bits per heavy atom. The first-order valence-electron chi connectivity index (χ1n) is 7.99. The van der Waals surface area contributed by atoms with Crippen LogP contribution >= 0.6 is 24.8 Å². The lowest BCUT2D eigenvalue weighted by Crippen LogP contribution is -2.66. The Bertz CT molecular complexity index is 538. The van der Waals surface area contributed by atoms with Gasteiger partial charge in [-0.05, 0) is 31.1 Å². The summed E-state index contributed by atoms with van der Waals surface area (Å²) in [5.74, 6) is -0.977. The molecule has 2 rings (SSSR count). The highest BCUT2D eigenvalue weighted by atomic mass is 35.5. The van der Waals surface area contributed by atoms with Gasteiger partial charge in [-0.25, -0.2) is 0 Å². The maximum atomic E-state index is 11.7. The molecule has 9 heteroatoms. The molecule has 0 aliphatic carbocycles. The summed E-state index contributed by atoms with van der Waals surface area (Å²) >= 11 is 0. The van der Waals surface area contributed by atoms with Crippen molar-refractivity contribution in [1.82, 2.24) is 4.90 Å². The maximum Gasteiger partial charge on any atom is 0.451 e. The summed E-state index contributed by atoms with van der Waals surface area (Å²) in [5.41, 5.74) is 6.01. The average Bonchev–Trinajstić information content (AvgIpc) is 2.50. The standard InChI is InChI=1S/C16H25BN2O4.2ClH/c1-12-16(18,15(20)21)9-14(7-8-17(22)23)11-19(12)10-13-5-3-2-4-6-13;;/h2-6,12,14,22-23H,7-11,18H2,1H3,(H,20,21);2*1H/t12-,14-,16+;;/m0../s1. The number of benzene rings is 1. The van der Waals surface area contributed by atoms with E-state index in [0.717, 1.165) is 5.56 Å². The van der Waals surface area contributed by atoms with E-state index in [2.05, 4.69) is 4.90 Å². The number of piperidine rings is 1. The lowest BCUT2D eigenvalue weighted by Gasteiger charge is -2.47. The molecular formula is C16H27BCl2N2O4. The van der Waals surface area contributed by atoms with Crippen molar-refractivity contribution in [3.63, 3.8) is 0 Å². The van der Waals surface area contributed by atoms with Crippen molar-refractivity contribution in [2.75, 3.05) is 6.54 Å². The van der Waals surface area contributed by atoms with Crippen LogP contribution in [-0.4, -0.2) is 51.3 Å². The van der Waals surface area contributed by atoms with Crippen molar-refractivity contribution in [3.05, 3.63) is 35.9 Å². The second kappa shape index (κ2) is 10.4. The van der Waals surface area contributed by atoms with Crippen molar-refractivity contribution in [3.8, 4) is 0 Å². The molecule has 1 aromatic rings. The lowest BCUT2D eigenvalue weighted by atomic mass is 9.72. The van der Waals surface area contributed by atoms with Crippen LogP contribution in [0.2, 0.25) is 6.32 Å². The van der Waals surface area contributed by atoms with E-state index in [1.807, 2.05) is 37.3 Å². The fourth-order valence-electron chi connectivity index (χ4n) is 3.39. The lowest BCUT2D eigenvalue weighted by molar-refractivity contribution is -0.149. The molecule has 0 saturated carbocycles.